The van der Waals surface area contributed by atoms with Gasteiger partial charge in [-0.3, -0.25) is 19.4 Å². The van der Waals surface area contributed by atoms with E-state index in [2.05, 4.69) is 16.4 Å². The Morgan fingerprint density at radius 3 is 2.38 bits per heavy atom. The summed E-state index contributed by atoms with van der Waals surface area (Å²) in [7, 11) is 0. The Hall–Kier alpha value is -3.49. The van der Waals surface area contributed by atoms with Gasteiger partial charge in [0.05, 0.1) is 5.69 Å². The molecule has 0 spiro atoms. The largest absolute Gasteiger partial charge is 0.480 e. The number of halogens is 1. The van der Waals surface area contributed by atoms with E-state index >= 15 is 0 Å². The van der Waals surface area contributed by atoms with Gasteiger partial charge in [0.2, 0.25) is 0 Å². The van der Waals surface area contributed by atoms with Gasteiger partial charge in [-0.2, -0.15) is 0 Å². The highest BCUT2D eigenvalue weighted by Crippen LogP contribution is 2.22. The van der Waals surface area contributed by atoms with Gasteiger partial charge in [0, 0.05) is 35.8 Å². The molecule has 8 nitrogen and oxygen atoms in total. The molecule has 3 rings (SSSR count). The van der Waals surface area contributed by atoms with Gasteiger partial charge in [0.1, 0.15) is 6.54 Å². The fraction of sp³-hybridized carbons (Fsp3) is 0.357. The highest BCUT2D eigenvalue weighted by Gasteiger charge is 2.10. The van der Waals surface area contributed by atoms with Gasteiger partial charge in [0.25, 0.3) is 11.5 Å². The molecular weight excluding hydrogens is 492 g/mol. The standard InChI is InChI=1S/C28H34N4O4.ClH/c29-14-7-5-3-1-2-4-6-9-21-15-24(18-30-17-21)22-10-8-11-23(16-22)28(36)31-25-12-13-26(33)32(19-25)20-27(34)35;/h8,10-13,15-19H,1-7,9,14,20,29H2,(H,31,36)(H,34,35);1H. The fourth-order valence-corrected chi connectivity index (χ4v) is 4.06. The molecule has 9 heteroatoms. The fourth-order valence-electron chi connectivity index (χ4n) is 4.06. The van der Waals surface area contributed by atoms with Crippen LogP contribution in [-0.2, 0) is 17.8 Å². The van der Waals surface area contributed by atoms with Crippen LogP contribution in [-0.4, -0.2) is 33.1 Å². The van der Waals surface area contributed by atoms with Crippen LogP contribution >= 0.6 is 12.4 Å². The van der Waals surface area contributed by atoms with Crippen LogP contribution in [0, 0.1) is 0 Å². The van der Waals surface area contributed by atoms with E-state index < -0.39 is 18.1 Å². The van der Waals surface area contributed by atoms with Gasteiger partial charge < -0.3 is 20.7 Å². The first kappa shape index (κ1) is 29.7. The second-order valence-electron chi connectivity index (χ2n) is 8.91. The zero-order valence-electron chi connectivity index (χ0n) is 20.9. The monoisotopic (exact) mass is 526 g/mol. The lowest BCUT2D eigenvalue weighted by molar-refractivity contribution is -0.137. The number of nitrogens with one attached hydrogen (secondary N) is 1. The SMILES string of the molecule is Cl.NCCCCCCCCCc1cncc(-c2cccc(C(=O)Nc3ccc(=O)n(CC(=O)O)c3)c2)c1. The maximum Gasteiger partial charge on any atom is 0.323 e. The number of carbonyl (C=O) groups excluding carboxylic acids is 1. The van der Waals surface area contributed by atoms with Crippen molar-refractivity contribution in [2.75, 3.05) is 11.9 Å². The average molecular weight is 527 g/mol. The van der Waals surface area contributed by atoms with E-state index in [0.29, 0.717) is 11.3 Å². The Morgan fingerprint density at radius 2 is 1.65 bits per heavy atom. The van der Waals surface area contributed by atoms with Gasteiger partial charge in [-0.05, 0) is 61.2 Å². The van der Waals surface area contributed by atoms with Crippen molar-refractivity contribution in [2.45, 2.75) is 57.9 Å². The van der Waals surface area contributed by atoms with Crippen LogP contribution < -0.4 is 16.6 Å². The Balaban J connectivity index is 0.00000481. The van der Waals surface area contributed by atoms with Gasteiger partial charge in [-0.25, -0.2) is 0 Å². The number of hydrogen-bond donors (Lipinski definition) is 3. The number of unbranched alkanes of at least 4 members (excludes halogenated alkanes) is 6. The maximum absolute atomic E-state index is 12.8. The molecule has 2 aromatic heterocycles. The molecule has 0 bridgehead atoms. The summed E-state index contributed by atoms with van der Waals surface area (Å²) in [5.74, 6) is -1.49. The number of aryl methyl sites for hydroxylation is 1. The summed E-state index contributed by atoms with van der Waals surface area (Å²) >= 11 is 0. The summed E-state index contributed by atoms with van der Waals surface area (Å²) in [6.07, 6.45) is 14.4. The number of rotatable bonds is 14. The topological polar surface area (TPSA) is 127 Å². The normalized spacial score (nSPS) is 10.5. The van der Waals surface area contributed by atoms with E-state index in [4.69, 9.17) is 10.8 Å². The number of carbonyl (C=O) groups is 2. The molecule has 4 N–H and O–H groups in total. The van der Waals surface area contributed by atoms with Crippen molar-refractivity contribution in [1.82, 2.24) is 9.55 Å². The van der Waals surface area contributed by atoms with E-state index in [0.717, 1.165) is 41.5 Å². The number of benzene rings is 1. The Kier molecular flexibility index (Phi) is 12.5. The highest BCUT2D eigenvalue weighted by molar-refractivity contribution is 6.04. The van der Waals surface area contributed by atoms with E-state index in [9.17, 15) is 14.4 Å². The molecule has 2 heterocycles. The molecular formula is C28H35ClN4O4. The molecule has 0 fully saturated rings. The molecule has 1 amide bonds. The quantitative estimate of drug-likeness (QED) is 0.256. The molecule has 0 saturated carbocycles. The zero-order valence-corrected chi connectivity index (χ0v) is 21.7. The third-order valence-electron chi connectivity index (χ3n) is 5.97. The van der Waals surface area contributed by atoms with Crippen LogP contribution in [0.5, 0.6) is 0 Å². The van der Waals surface area contributed by atoms with Gasteiger partial charge >= 0.3 is 5.97 Å². The third kappa shape index (κ3) is 9.82. The minimum absolute atomic E-state index is 0. The number of carboxylic acid groups (broad SMARTS) is 1. The van der Waals surface area contributed by atoms with Gasteiger partial charge in [-0.15, -0.1) is 12.4 Å². The number of nitrogens with two attached hydrogens (primary N) is 1. The number of pyridine rings is 2. The van der Waals surface area contributed by atoms with E-state index in [1.54, 1.807) is 18.3 Å². The van der Waals surface area contributed by atoms with Crippen molar-refractivity contribution in [3.63, 3.8) is 0 Å². The Bertz CT molecular complexity index is 1230. The predicted molar refractivity (Wildman–Crippen MR) is 148 cm³/mol. The number of nitrogens with zero attached hydrogens (tertiary/aromatic N) is 2. The number of aliphatic carboxylic acids is 1. The van der Waals surface area contributed by atoms with Crippen molar-refractivity contribution in [1.29, 1.82) is 0 Å². The summed E-state index contributed by atoms with van der Waals surface area (Å²) in [4.78, 5) is 40.0. The Morgan fingerprint density at radius 1 is 0.919 bits per heavy atom. The molecule has 0 atom stereocenters. The summed E-state index contributed by atoms with van der Waals surface area (Å²) < 4.78 is 1.04. The maximum atomic E-state index is 12.8. The minimum atomic E-state index is -1.14. The number of anilines is 1. The molecule has 0 aliphatic rings. The molecule has 3 aromatic rings. The van der Waals surface area contributed by atoms with Crippen LogP contribution in [0.3, 0.4) is 0 Å². The van der Waals surface area contributed by atoms with Crippen molar-refractivity contribution >= 4 is 30.0 Å². The van der Waals surface area contributed by atoms with E-state index in [-0.39, 0.29) is 18.3 Å². The lowest BCUT2D eigenvalue weighted by atomic mass is 10.0. The molecule has 198 valence electrons. The zero-order chi connectivity index (χ0) is 25.8. The highest BCUT2D eigenvalue weighted by atomic mass is 35.5. The summed E-state index contributed by atoms with van der Waals surface area (Å²) in [6.45, 7) is 0.304. The van der Waals surface area contributed by atoms with Crippen molar-refractivity contribution in [3.8, 4) is 11.1 Å². The number of hydrogen-bond acceptors (Lipinski definition) is 5. The van der Waals surface area contributed by atoms with E-state index in [1.165, 1.54) is 56.0 Å². The second-order valence-corrected chi connectivity index (χ2v) is 8.91. The lowest BCUT2D eigenvalue weighted by Crippen LogP contribution is -2.24. The molecule has 37 heavy (non-hydrogen) atoms. The van der Waals surface area contributed by atoms with Crippen LogP contribution in [0.25, 0.3) is 11.1 Å². The van der Waals surface area contributed by atoms with Gasteiger partial charge in [-0.1, -0.05) is 44.2 Å². The van der Waals surface area contributed by atoms with Crippen LogP contribution in [0.2, 0.25) is 0 Å². The van der Waals surface area contributed by atoms with Gasteiger partial charge in [0.15, 0.2) is 0 Å². The first-order valence-corrected chi connectivity index (χ1v) is 12.4. The number of carboxylic acids is 1. The average Bonchev–Trinajstić information content (AvgIpc) is 2.87. The lowest BCUT2D eigenvalue weighted by Gasteiger charge is -2.10. The summed E-state index contributed by atoms with van der Waals surface area (Å²) in [5, 5.41) is 11.7. The molecule has 0 aliphatic carbocycles. The van der Waals surface area contributed by atoms with Crippen molar-refractivity contribution in [2.24, 2.45) is 5.73 Å². The molecule has 0 radical (unpaired) electrons. The molecule has 0 aliphatic heterocycles. The van der Waals surface area contributed by atoms with Crippen LogP contribution in [0.1, 0.15) is 60.9 Å². The second kappa shape index (κ2) is 15.6. The number of aromatic nitrogens is 2. The first-order chi connectivity index (χ1) is 17.5. The number of amides is 1. The summed E-state index contributed by atoms with van der Waals surface area (Å²) in [5.41, 5.74) is 8.87. The molecule has 1 aromatic carbocycles. The minimum Gasteiger partial charge on any atom is -0.480 e. The molecule has 0 saturated heterocycles. The smallest absolute Gasteiger partial charge is 0.323 e. The van der Waals surface area contributed by atoms with Crippen molar-refractivity contribution < 1.29 is 14.7 Å². The van der Waals surface area contributed by atoms with Crippen molar-refractivity contribution in [3.05, 3.63) is 82.5 Å². The van der Waals surface area contributed by atoms with Crippen LogP contribution in [0.4, 0.5) is 5.69 Å². The van der Waals surface area contributed by atoms with Crippen LogP contribution in [0.15, 0.2) is 65.8 Å². The third-order valence-corrected chi connectivity index (χ3v) is 5.97. The summed E-state index contributed by atoms with van der Waals surface area (Å²) in [6, 6.07) is 12.1. The Labute approximate surface area is 223 Å². The predicted octanol–water partition coefficient (Wildman–Crippen LogP) is 4.90. The first-order valence-electron chi connectivity index (χ1n) is 12.4. The molecule has 0 unspecified atom stereocenters. The van der Waals surface area contributed by atoms with E-state index in [1.807, 2.05) is 18.3 Å².